The zero-order valence-electron chi connectivity index (χ0n) is 21.2. The third kappa shape index (κ3) is 5.13. The van der Waals surface area contributed by atoms with Crippen molar-refractivity contribution < 1.29 is 15.0 Å². The van der Waals surface area contributed by atoms with Crippen LogP contribution in [0.15, 0.2) is 29.6 Å². The molecule has 3 N–H and O–H groups in total. The molecule has 0 aliphatic carbocycles. The van der Waals surface area contributed by atoms with Gasteiger partial charge in [0.2, 0.25) is 5.95 Å². The number of piperazine rings is 1. The van der Waals surface area contributed by atoms with Gasteiger partial charge in [0.05, 0.1) is 5.69 Å². The van der Waals surface area contributed by atoms with Gasteiger partial charge in [-0.25, -0.2) is 9.78 Å². The summed E-state index contributed by atoms with van der Waals surface area (Å²) in [5.74, 6) is 2.38. The first-order valence-electron chi connectivity index (χ1n) is 13.2. The van der Waals surface area contributed by atoms with E-state index in [-0.39, 0.29) is 17.5 Å². The molecule has 3 fully saturated rings. The van der Waals surface area contributed by atoms with Crippen LogP contribution in [0.2, 0.25) is 0 Å². The molecule has 6 rings (SSSR count). The SMILES string of the molecule is O=C(Nc1nc(-c2ccc(O)c(O)c2)cs1)N1CCN(c2cc(N3CCCC3)nc(N3CCCC3)n2)CC1. The van der Waals surface area contributed by atoms with Gasteiger partial charge in [0.1, 0.15) is 11.6 Å². The first-order chi connectivity index (χ1) is 18.5. The van der Waals surface area contributed by atoms with Crippen LogP contribution >= 0.6 is 11.3 Å². The number of benzene rings is 1. The van der Waals surface area contributed by atoms with Gasteiger partial charge < -0.3 is 29.8 Å². The topological polar surface area (TPSA) is 121 Å². The molecule has 0 atom stereocenters. The number of rotatable bonds is 5. The number of nitrogens with one attached hydrogen (secondary N) is 1. The van der Waals surface area contributed by atoms with Gasteiger partial charge in [-0.05, 0) is 43.9 Å². The molecule has 200 valence electrons. The maximum atomic E-state index is 13.0. The van der Waals surface area contributed by atoms with Gasteiger partial charge in [-0.15, -0.1) is 11.3 Å². The molecule has 3 aliphatic rings. The van der Waals surface area contributed by atoms with Crippen molar-refractivity contribution in [1.82, 2.24) is 19.9 Å². The second-order valence-corrected chi connectivity index (χ2v) is 10.8. The minimum Gasteiger partial charge on any atom is -0.504 e. The molecular formula is C26H32N8O3S. The van der Waals surface area contributed by atoms with Crippen molar-refractivity contribution >= 4 is 40.1 Å². The van der Waals surface area contributed by atoms with Gasteiger partial charge in [0, 0.05) is 69.4 Å². The Kier molecular flexibility index (Phi) is 6.79. The lowest BCUT2D eigenvalue weighted by Gasteiger charge is -2.35. The van der Waals surface area contributed by atoms with E-state index in [0.29, 0.717) is 42.6 Å². The first-order valence-corrected chi connectivity index (χ1v) is 14.1. The largest absolute Gasteiger partial charge is 0.504 e. The van der Waals surface area contributed by atoms with Crippen LogP contribution in [-0.2, 0) is 0 Å². The minimum atomic E-state index is -0.206. The Balaban J connectivity index is 1.10. The van der Waals surface area contributed by atoms with Crippen molar-refractivity contribution in [3.05, 3.63) is 29.6 Å². The quantitative estimate of drug-likeness (QED) is 0.420. The van der Waals surface area contributed by atoms with Crippen molar-refractivity contribution in [3.8, 4) is 22.8 Å². The molecule has 1 aromatic carbocycles. The van der Waals surface area contributed by atoms with Crippen molar-refractivity contribution in [2.24, 2.45) is 0 Å². The monoisotopic (exact) mass is 536 g/mol. The number of aromatic nitrogens is 3. The molecule has 2 aromatic heterocycles. The molecule has 0 spiro atoms. The van der Waals surface area contributed by atoms with Crippen LogP contribution in [0.1, 0.15) is 25.7 Å². The predicted octanol–water partition coefficient (Wildman–Crippen LogP) is 3.57. The number of urea groups is 1. The molecule has 3 aliphatic heterocycles. The van der Waals surface area contributed by atoms with Gasteiger partial charge in [0.25, 0.3) is 0 Å². The fourth-order valence-electron chi connectivity index (χ4n) is 5.19. The van der Waals surface area contributed by atoms with Crippen LogP contribution in [-0.4, -0.2) is 88.5 Å². The van der Waals surface area contributed by atoms with Gasteiger partial charge in [-0.3, -0.25) is 5.32 Å². The molecule has 3 saturated heterocycles. The number of thiazole rings is 1. The van der Waals surface area contributed by atoms with Crippen LogP contribution in [0.5, 0.6) is 11.5 Å². The van der Waals surface area contributed by atoms with E-state index in [1.54, 1.807) is 11.0 Å². The minimum absolute atomic E-state index is 0.182. The average Bonchev–Trinajstić information content (AvgIpc) is 3.73. The Hall–Kier alpha value is -3.80. The summed E-state index contributed by atoms with van der Waals surface area (Å²) in [5, 5.41) is 24.5. The number of carbonyl (C=O) groups excluding carboxylic acids is 1. The van der Waals surface area contributed by atoms with Gasteiger partial charge in [0.15, 0.2) is 16.6 Å². The molecule has 11 nitrogen and oxygen atoms in total. The van der Waals surface area contributed by atoms with E-state index in [2.05, 4.69) is 31.1 Å². The molecule has 38 heavy (non-hydrogen) atoms. The Bertz CT molecular complexity index is 1260. The number of carbonyl (C=O) groups is 1. The third-order valence-electron chi connectivity index (χ3n) is 7.39. The van der Waals surface area contributed by atoms with E-state index in [1.165, 1.54) is 49.2 Å². The van der Waals surface area contributed by atoms with E-state index in [4.69, 9.17) is 9.97 Å². The van der Waals surface area contributed by atoms with Crippen molar-refractivity contribution in [3.63, 3.8) is 0 Å². The van der Waals surface area contributed by atoms with E-state index in [0.717, 1.165) is 43.8 Å². The van der Waals surface area contributed by atoms with Crippen LogP contribution < -0.4 is 20.0 Å². The van der Waals surface area contributed by atoms with Gasteiger partial charge >= 0.3 is 6.03 Å². The molecule has 5 heterocycles. The number of amides is 2. The number of phenolic OH excluding ortho intramolecular Hbond substituents is 2. The van der Waals surface area contributed by atoms with Crippen LogP contribution in [0, 0.1) is 0 Å². The predicted molar refractivity (Wildman–Crippen MR) is 149 cm³/mol. The normalized spacial score (nSPS) is 17.9. The molecule has 3 aromatic rings. The highest BCUT2D eigenvalue weighted by atomic mass is 32.1. The summed E-state index contributed by atoms with van der Waals surface area (Å²) in [5.41, 5.74) is 1.29. The fourth-order valence-corrected chi connectivity index (χ4v) is 5.90. The summed E-state index contributed by atoms with van der Waals surface area (Å²) in [6.07, 6.45) is 4.76. The lowest BCUT2D eigenvalue weighted by molar-refractivity contribution is 0.208. The standard InChI is InChI=1S/C26H32N8O3S/c35-20-6-5-18(15-21(20)36)19-17-38-25(27-19)30-26(37)34-13-11-32(12-14-34)23-16-22(31-7-1-2-8-31)28-24(29-23)33-9-3-4-10-33/h5-6,15-17,35-36H,1-4,7-14H2,(H,27,30,37). The number of hydrogen-bond donors (Lipinski definition) is 3. The summed E-state index contributed by atoms with van der Waals surface area (Å²) >= 11 is 1.32. The molecule has 12 heteroatoms. The fraction of sp³-hybridized carbons (Fsp3) is 0.462. The second-order valence-electron chi connectivity index (χ2n) is 9.92. The second kappa shape index (κ2) is 10.5. The Morgan fingerprint density at radius 2 is 1.39 bits per heavy atom. The summed E-state index contributed by atoms with van der Waals surface area (Å²) in [4.78, 5) is 36.0. The third-order valence-corrected chi connectivity index (χ3v) is 8.14. The lowest BCUT2D eigenvalue weighted by atomic mass is 10.1. The highest BCUT2D eigenvalue weighted by Gasteiger charge is 2.26. The maximum Gasteiger partial charge on any atom is 0.323 e. The summed E-state index contributed by atoms with van der Waals surface area (Å²) in [7, 11) is 0. The van der Waals surface area contributed by atoms with Gasteiger partial charge in [-0.1, -0.05) is 0 Å². The molecule has 0 saturated carbocycles. The average molecular weight is 537 g/mol. The number of phenols is 2. The van der Waals surface area contributed by atoms with Crippen molar-refractivity contribution in [2.45, 2.75) is 25.7 Å². The Morgan fingerprint density at radius 1 is 0.763 bits per heavy atom. The van der Waals surface area contributed by atoms with E-state index in [9.17, 15) is 15.0 Å². The van der Waals surface area contributed by atoms with Crippen molar-refractivity contribution in [1.29, 1.82) is 0 Å². The lowest BCUT2D eigenvalue weighted by Crippen LogP contribution is -2.50. The van der Waals surface area contributed by atoms with Crippen LogP contribution in [0.3, 0.4) is 0 Å². The Morgan fingerprint density at radius 3 is 2.05 bits per heavy atom. The van der Waals surface area contributed by atoms with E-state index in [1.807, 2.05) is 5.38 Å². The molecule has 0 radical (unpaired) electrons. The van der Waals surface area contributed by atoms with Crippen LogP contribution in [0.25, 0.3) is 11.3 Å². The van der Waals surface area contributed by atoms with E-state index < -0.39 is 0 Å². The molecular weight excluding hydrogens is 504 g/mol. The molecule has 0 bridgehead atoms. The number of aromatic hydroxyl groups is 2. The maximum absolute atomic E-state index is 13.0. The number of nitrogens with zero attached hydrogens (tertiary/aromatic N) is 7. The smallest absolute Gasteiger partial charge is 0.323 e. The zero-order chi connectivity index (χ0) is 26.1. The summed E-state index contributed by atoms with van der Waals surface area (Å²) in [6, 6.07) is 6.47. The van der Waals surface area contributed by atoms with Gasteiger partial charge in [-0.2, -0.15) is 9.97 Å². The van der Waals surface area contributed by atoms with Crippen LogP contribution in [0.4, 0.5) is 27.5 Å². The van der Waals surface area contributed by atoms with Crippen molar-refractivity contribution in [2.75, 3.05) is 72.4 Å². The Labute approximate surface area is 225 Å². The summed E-state index contributed by atoms with van der Waals surface area (Å²) < 4.78 is 0. The molecule has 0 unspecified atom stereocenters. The number of hydrogen-bond acceptors (Lipinski definition) is 10. The highest BCUT2D eigenvalue weighted by molar-refractivity contribution is 7.14. The highest BCUT2D eigenvalue weighted by Crippen LogP contribution is 2.32. The summed E-state index contributed by atoms with van der Waals surface area (Å²) in [6.45, 7) is 6.63. The molecule has 2 amide bonds. The zero-order valence-corrected chi connectivity index (χ0v) is 22.0. The van der Waals surface area contributed by atoms with E-state index >= 15 is 0 Å². The number of anilines is 4. The first kappa shape index (κ1) is 24.5.